The van der Waals surface area contributed by atoms with Gasteiger partial charge in [0.1, 0.15) is 0 Å². The molecule has 0 amide bonds. The highest BCUT2D eigenvalue weighted by atomic mass is 16.7. The van der Waals surface area contributed by atoms with E-state index in [0.717, 1.165) is 55.6 Å². The van der Waals surface area contributed by atoms with E-state index < -0.39 is 36.6 Å². The van der Waals surface area contributed by atoms with Crippen molar-refractivity contribution < 1.29 is 28.5 Å². The molecular weight excluding hydrogens is 797 g/mol. The molecule has 4 atom stereocenters. The number of esters is 2. The molecule has 0 bridgehead atoms. The Labute approximate surface area is 379 Å². The summed E-state index contributed by atoms with van der Waals surface area (Å²) in [5.74, 6) is -3.22. The van der Waals surface area contributed by atoms with Crippen LogP contribution in [0.3, 0.4) is 0 Å². The van der Waals surface area contributed by atoms with Gasteiger partial charge in [0.05, 0.1) is 25.3 Å². The van der Waals surface area contributed by atoms with Crippen molar-refractivity contribution >= 4 is 11.9 Å². The minimum absolute atomic E-state index is 0.100. The van der Waals surface area contributed by atoms with Crippen LogP contribution in [0.1, 0.15) is 67.5 Å². The number of carbonyl (C=O) groups excluding carboxylic acids is 2. The molecule has 0 fully saturated rings. The van der Waals surface area contributed by atoms with Gasteiger partial charge in [0, 0.05) is 24.9 Å². The van der Waals surface area contributed by atoms with Crippen LogP contribution in [0.5, 0.6) is 0 Å². The van der Waals surface area contributed by atoms with Gasteiger partial charge in [0.15, 0.2) is 0 Å². The van der Waals surface area contributed by atoms with E-state index >= 15 is 0 Å². The van der Waals surface area contributed by atoms with Crippen LogP contribution < -0.4 is 10.6 Å². The Bertz CT molecular complexity index is 2120. The van der Waals surface area contributed by atoms with E-state index in [1.165, 1.54) is 0 Å². The number of rotatable bonds is 22. The topological polar surface area (TPSA) is 95.1 Å². The molecule has 0 saturated carbocycles. The van der Waals surface area contributed by atoms with Gasteiger partial charge in [-0.25, -0.2) is 9.59 Å². The summed E-state index contributed by atoms with van der Waals surface area (Å²) in [6.07, 6.45) is 0.913. The molecular formula is C56H60N2O6. The molecule has 0 heterocycles. The van der Waals surface area contributed by atoms with Gasteiger partial charge < -0.3 is 29.6 Å². The Balaban J connectivity index is 1.39. The molecule has 4 unspecified atom stereocenters. The van der Waals surface area contributed by atoms with Crippen molar-refractivity contribution in [2.75, 3.05) is 13.1 Å². The monoisotopic (exact) mass is 856 g/mol. The number of benzene rings is 6. The molecule has 6 aromatic carbocycles. The van der Waals surface area contributed by atoms with Crippen LogP contribution in [0.2, 0.25) is 0 Å². The second-order valence-electron chi connectivity index (χ2n) is 16.2. The van der Waals surface area contributed by atoms with E-state index in [9.17, 15) is 9.59 Å². The van der Waals surface area contributed by atoms with Gasteiger partial charge in [0.25, 0.3) is 0 Å². The lowest BCUT2D eigenvalue weighted by atomic mass is 9.84. The average Bonchev–Trinajstić information content (AvgIpc) is 3.30. The van der Waals surface area contributed by atoms with Crippen LogP contribution in [-0.2, 0) is 41.8 Å². The van der Waals surface area contributed by atoms with E-state index in [-0.39, 0.29) is 25.0 Å². The Kier molecular flexibility index (Phi) is 17.6. The highest BCUT2D eigenvalue weighted by Gasteiger charge is 2.40. The molecule has 2 N–H and O–H groups in total. The summed E-state index contributed by atoms with van der Waals surface area (Å²) in [4.78, 5) is 29.0. The van der Waals surface area contributed by atoms with Crippen molar-refractivity contribution in [1.82, 2.24) is 10.6 Å². The fraction of sp³-hybridized carbons (Fsp3) is 0.250. The molecule has 330 valence electrons. The van der Waals surface area contributed by atoms with Gasteiger partial charge >= 0.3 is 11.9 Å². The molecule has 8 nitrogen and oxygen atoms in total. The lowest BCUT2D eigenvalue weighted by Crippen LogP contribution is -2.51. The molecule has 0 saturated heterocycles. The molecule has 0 aliphatic heterocycles. The number of carbonyl (C=O) groups is 2. The Morgan fingerprint density at radius 1 is 0.469 bits per heavy atom. The fourth-order valence-electron chi connectivity index (χ4n) is 8.43. The first-order valence-corrected chi connectivity index (χ1v) is 21.8. The molecule has 0 spiro atoms. The van der Waals surface area contributed by atoms with Crippen LogP contribution in [0, 0.1) is 27.7 Å². The highest BCUT2D eigenvalue weighted by Crippen LogP contribution is 2.34. The van der Waals surface area contributed by atoms with Crippen molar-refractivity contribution in [3.63, 3.8) is 0 Å². The van der Waals surface area contributed by atoms with Crippen molar-refractivity contribution in [1.29, 1.82) is 0 Å². The van der Waals surface area contributed by atoms with Gasteiger partial charge in [-0.2, -0.15) is 0 Å². The smallest absolute Gasteiger partial charge is 0.419 e. The van der Waals surface area contributed by atoms with Crippen molar-refractivity contribution in [2.24, 2.45) is 0 Å². The van der Waals surface area contributed by atoms with Crippen LogP contribution in [0.25, 0.3) is 0 Å². The quantitative estimate of drug-likeness (QED) is 0.0302. The van der Waals surface area contributed by atoms with Crippen LogP contribution in [0.4, 0.5) is 0 Å². The highest BCUT2D eigenvalue weighted by molar-refractivity contribution is 6.29. The molecule has 64 heavy (non-hydrogen) atoms. The third-order valence-electron chi connectivity index (χ3n) is 10.9. The SMILES string of the molecule is C=CCNC(C(OCc1cc(C)cc(C)c1)OC(=O)C(=O)OC(OCc1cc(C)cc(C)c1)C(NCC=C)C(c1ccccc1)c1ccccc1)C(c1ccccc1)c1ccccc1. The molecule has 0 radical (unpaired) electrons. The second-order valence-corrected chi connectivity index (χ2v) is 16.2. The van der Waals surface area contributed by atoms with E-state index in [2.05, 4.69) is 35.9 Å². The third kappa shape index (κ3) is 13.3. The summed E-state index contributed by atoms with van der Waals surface area (Å²) >= 11 is 0. The summed E-state index contributed by atoms with van der Waals surface area (Å²) in [6, 6.07) is 50.7. The van der Waals surface area contributed by atoms with Crippen LogP contribution >= 0.6 is 0 Å². The van der Waals surface area contributed by atoms with Crippen LogP contribution in [-0.4, -0.2) is 49.7 Å². The minimum atomic E-state index is -1.28. The zero-order chi connectivity index (χ0) is 45.3. The lowest BCUT2D eigenvalue weighted by molar-refractivity contribution is -0.213. The number of nitrogens with one attached hydrogen (secondary N) is 2. The number of hydrogen-bond acceptors (Lipinski definition) is 8. The van der Waals surface area contributed by atoms with Gasteiger partial charge in [-0.15, -0.1) is 13.2 Å². The standard InChI is InChI=1S/C56H60N2O6/c1-7-29-57-51(49(45-21-13-9-14-22-45)46-23-15-10-16-24-46)55(61-37-43-33-39(3)31-40(4)34-43)63-53(59)54(60)64-56(62-38-44-35-41(5)32-42(6)36-44)52(58-30-8-2)50(47-25-17-11-18-26-47)48-27-19-12-20-28-48/h7-28,31-36,49-52,55-58H,1-2,29-30,37-38H2,3-6H3. The fourth-order valence-corrected chi connectivity index (χ4v) is 8.43. The zero-order valence-corrected chi connectivity index (χ0v) is 37.3. The van der Waals surface area contributed by atoms with Gasteiger partial charge in [-0.1, -0.05) is 192 Å². The molecule has 6 aromatic rings. The predicted octanol–water partition coefficient (Wildman–Crippen LogP) is 10.3. The largest absolute Gasteiger partial charge is 0.426 e. The summed E-state index contributed by atoms with van der Waals surface area (Å²) in [5.41, 5.74) is 9.88. The molecule has 6 rings (SSSR count). The van der Waals surface area contributed by atoms with E-state index in [0.29, 0.717) is 13.1 Å². The summed E-state index contributed by atoms with van der Waals surface area (Å²) in [7, 11) is 0. The summed E-state index contributed by atoms with van der Waals surface area (Å²) in [6.45, 7) is 16.9. The number of ether oxygens (including phenoxy) is 4. The Morgan fingerprint density at radius 2 is 0.750 bits per heavy atom. The zero-order valence-electron chi connectivity index (χ0n) is 37.3. The van der Waals surface area contributed by atoms with E-state index in [1.807, 2.05) is 173 Å². The maximum Gasteiger partial charge on any atom is 0.419 e. The first kappa shape index (κ1) is 47.1. The van der Waals surface area contributed by atoms with E-state index in [4.69, 9.17) is 18.9 Å². The number of hydrogen-bond donors (Lipinski definition) is 2. The van der Waals surface area contributed by atoms with Gasteiger partial charge in [-0.05, 0) is 61.1 Å². The van der Waals surface area contributed by atoms with Crippen molar-refractivity contribution in [3.8, 4) is 0 Å². The second kappa shape index (κ2) is 23.9. The molecule has 8 heteroatoms. The predicted molar refractivity (Wildman–Crippen MR) is 255 cm³/mol. The molecule has 0 aliphatic rings. The molecule has 0 aliphatic carbocycles. The Morgan fingerprint density at radius 3 is 1.02 bits per heavy atom. The Hall–Kier alpha value is -6.42. The van der Waals surface area contributed by atoms with Crippen LogP contribution in [0.15, 0.2) is 183 Å². The normalized spacial score (nSPS) is 13.2. The first-order valence-electron chi connectivity index (χ1n) is 21.8. The molecule has 0 aromatic heterocycles. The minimum Gasteiger partial charge on any atom is -0.426 e. The maximum atomic E-state index is 14.5. The third-order valence-corrected chi connectivity index (χ3v) is 10.9. The lowest BCUT2D eigenvalue weighted by Gasteiger charge is -2.35. The summed E-state index contributed by atoms with van der Waals surface area (Å²) in [5, 5.41) is 7.07. The van der Waals surface area contributed by atoms with Gasteiger partial charge in [0.2, 0.25) is 12.6 Å². The maximum absolute atomic E-state index is 14.5. The van der Waals surface area contributed by atoms with Gasteiger partial charge in [-0.3, -0.25) is 0 Å². The average molecular weight is 857 g/mol. The summed E-state index contributed by atoms with van der Waals surface area (Å²) < 4.78 is 25.7. The van der Waals surface area contributed by atoms with Crippen molar-refractivity contribution in [2.45, 2.75) is 77.4 Å². The first-order chi connectivity index (χ1) is 31.1. The number of aryl methyl sites for hydroxylation is 4. The van der Waals surface area contributed by atoms with E-state index in [1.54, 1.807) is 12.2 Å². The van der Waals surface area contributed by atoms with Crippen molar-refractivity contribution in [3.05, 3.63) is 239 Å².